The van der Waals surface area contributed by atoms with Crippen molar-refractivity contribution in [3.8, 4) is 0 Å². The molecule has 1 aliphatic heterocycles. The number of fused-ring (bicyclic) bond motifs is 1. The van der Waals surface area contributed by atoms with E-state index in [1.54, 1.807) is 23.1 Å². The van der Waals surface area contributed by atoms with Crippen molar-refractivity contribution in [1.82, 2.24) is 15.2 Å². The van der Waals surface area contributed by atoms with Crippen molar-refractivity contribution in [2.45, 2.75) is 25.7 Å². The second-order valence-electron chi connectivity index (χ2n) is 7.97. The molecule has 1 aromatic heterocycles. The van der Waals surface area contributed by atoms with E-state index < -0.39 is 0 Å². The van der Waals surface area contributed by atoms with Crippen LogP contribution in [0.4, 0.5) is 5.13 Å². The van der Waals surface area contributed by atoms with Crippen LogP contribution >= 0.6 is 35.5 Å². The van der Waals surface area contributed by atoms with E-state index in [1.165, 1.54) is 20.7 Å². The van der Waals surface area contributed by atoms with Crippen LogP contribution in [0.15, 0.2) is 41.3 Å². The fourth-order valence-corrected chi connectivity index (χ4v) is 5.69. The van der Waals surface area contributed by atoms with E-state index in [4.69, 9.17) is 4.98 Å². The van der Waals surface area contributed by atoms with Crippen LogP contribution in [0.2, 0.25) is 0 Å². The quantitative estimate of drug-likeness (QED) is 0.472. The molecule has 5 nitrogen and oxygen atoms in total. The third kappa shape index (κ3) is 5.95. The number of benzene rings is 2. The number of aryl methyl sites for hydroxylation is 2. The summed E-state index contributed by atoms with van der Waals surface area (Å²) in [6.45, 7) is 11.9. The van der Waals surface area contributed by atoms with E-state index in [-0.39, 0.29) is 18.3 Å². The molecule has 8 heteroatoms. The van der Waals surface area contributed by atoms with E-state index in [2.05, 4.69) is 48.0 Å². The molecule has 0 atom stereocenters. The molecule has 0 spiro atoms. The molecule has 4 rings (SSSR count). The van der Waals surface area contributed by atoms with Crippen molar-refractivity contribution in [2.75, 3.05) is 49.9 Å². The Balaban J connectivity index is 0.00000289. The van der Waals surface area contributed by atoms with Crippen LogP contribution in [0.25, 0.3) is 10.2 Å². The van der Waals surface area contributed by atoms with E-state index in [0.717, 1.165) is 54.7 Å². The summed E-state index contributed by atoms with van der Waals surface area (Å²) in [4.78, 5) is 23.3. The molecule has 0 aliphatic carbocycles. The fraction of sp³-hybridized carbons (Fsp3) is 0.417. The predicted octanol–water partition coefficient (Wildman–Crippen LogP) is 5.00. The molecule has 0 radical (unpaired) electrons. The first kappa shape index (κ1) is 24.8. The van der Waals surface area contributed by atoms with Gasteiger partial charge in [0.25, 0.3) is 5.91 Å². The molecule has 172 valence electrons. The molecular formula is C24H31ClN4OS2. The Labute approximate surface area is 205 Å². The van der Waals surface area contributed by atoms with Crippen molar-refractivity contribution >= 4 is 56.8 Å². The van der Waals surface area contributed by atoms with Gasteiger partial charge in [-0.05, 0) is 61.1 Å². The summed E-state index contributed by atoms with van der Waals surface area (Å²) in [5.74, 6) is 1.05. The van der Waals surface area contributed by atoms with Crippen molar-refractivity contribution < 1.29 is 4.79 Å². The molecule has 1 saturated heterocycles. The number of thiazole rings is 1. The van der Waals surface area contributed by atoms with Crippen molar-refractivity contribution in [2.24, 2.45) is 0 Å². The van der Waals surface area contributed by atoms with Crippen molar-refractivity contribution in [1.29, 1.82) is 0 Å². The molecule has 0 saturated carbocycles. The Hall–Kier alpha value is -1.80. The number of aromatic nitrogens is 1. The van der Waals surface area contributed by atoms with E-state index in [1.807, 2.05) is 24.3 Å². The first-order chi connectivity index (χ1) is 15.0. The van der Waals surface area contributed by atoms with Crippen LogP contribution in [0.3, 0.4) is 0 Å². The Kier molecular flexibility index (Phi) is 8.82. The minimum Gasteiger partial charge on any atom is -0.351 e. The van der Waals surface area contributed by atoms with E-state index in [9.17, 15) is 4.79 Å². The molecule has 0 unspecified atom stereocenters. The normalized spacial score (nSPS) is 14.4. The summed E-state index contributed by atoms with van der Waals surface area (Å²) < 4.78 is 1.30. The van der Waals surface area contributed by atoms with Crippen LogP contribution < -0.4 is 10.2 Å². The van der Waals surface area contributed by atoms with Crippen LogP contribution in [0.1, 0.15) is 28.4 Å². The second-order valence-corrected chi connectivity index (χ2v) is 10.3. The van der Waals surface area contributed by atoms with Gasteiger partial charge in [0.1, 0.15) is 0 Å². The lowest BCUT2D eigenvalue weighted by atomic mass is 10.1. The maximum Gasteiger partial charge on any atom is 0.251 e. The molecule has 1 amide bonds. The number of anilines is 1. The number of nitrogens with one attached hydrogen (secondary N) is 1. The molecule has 1 aliphatic rings. The minimum atomic E-state index is 0. The predicted molar refractivity (Wildman–Crippen MR) is 140 cm³/mol. The van der Waals surface area contributed by atoms with Gasteiger partial charge < -0.3 is 10.2 Å². The van der Waals surface area contributed by atoms with Crippen molar-refractivity contribution in [3.63, 3.8) is 0 Å². The number of rotatable bonds is 7. The first-order valence-electron chi connectivity index (χ1n) is 10.9. The standard InChI is InChI=1S/C24H30N4OS2.ClH/c1-4-30-20-7-5-19(6-8-20)23(29)25-9-10-27-11-13-28(14-12-27)24-26-21-16-17(2)15-18(3)22(21)31-24;/h5-8,15-16H,4,9-14H2,1-3H3,(H,25,29);1H. The largest absolute Gasteiger partial charge is 0.351 e. The molecule has 1 N–H and O–H groups in total. The first-order valence-corrected chi connectivity index (χ1v) is 12.7. The molecule has 3 aromatic rings. The van der Waals surface area contributed by atoms with Gasteiger partial charge in [0.15, 0.2) is 5.13 Å². The fourth-order valence-electron chi connectivity index (χ4n) is 3.96. The van der Waals surface area contributed by atoms with Gasteiger partial charge >= 0.3 is 0 Å². The highest BCUT2D eigenvalue weighted by Gasteiger charge is 2.20. The van der Waals surface area contributed by atoms with Crippen molar-refractivity contribution in [3.05, 3.63) is 53.1 Å². The second kappa shape index (κ2) is 11.4. The summed E-state index contributed by atoms with van der Waals surface area (Å²) >= 11 is 3.59. The molecule has 0 bridgehead atoms. The Morgan fingerprint density at radius 3 is 2.53 bits per heavy atom. The van der Waals surface area contributed by atoms with Crippen LogP contribution in [-0.4, -0.2) is 60.8 Å². The molecule has 2 heterocycles. The summed E-state index contributed by atoms with van der Waals surface area (Å²) in [6, 6.07) is 12.3. The monoisotopic (exact) mass is 490 g/mol. The third-order valence-electron chi connectivity index (χ3n) is 5.59. The maximum absolute atomic E-state index is 12.4. The average molecular weight is 491 g/mol. The zero-order valence-corrected chi connectivity index (χ0v) is 21.3. The highest BCUT2D eigenvalue weighted by atomic mass is 35.5. The summed E-state index contributed by atoms with van der Waals surface area (Å²) in [5.41, 5.74) is 4.42. The van der Waals surface area contributed by atoms with Gasteiger partial charge in [-0.3, -0.25) is 9.69 Å². The maximum atomic E-state index is 12.4. The topological polar surface area (TPSA) is 48.5 Å². The summed E-state index contributed by atoms with van der Waals surface area (Å²) in [5, 5.41) is 4.18. The highest BCUT2D eigenvalue weighted by Crippen LogP contribution is 2.32. The molecule has 2 aromatic carbocycles. The Bertz CT molecular complexity index is 1050. The van der Waals surface area contributed by atoms with Gasteiger partial charge in [-0.15, -0.1) is 24.2 Å². The van der Waals surface area contributed by atoms with Gasteiger partial charge in [-0.2, -0.15) is 0 Å². The number of halogens is 1. The van der Waals surface area contributed by atoms with Gasteiger partial charge in [-0.1, -0.05) is 24.3 Å². The van der Waals surface area contributed by atoms with Gasteiger partial charge in [0.05, 0.1) is 10.2 Å². The average Bonchev–Trinajstić information content (AvgIpc) is 3.19. The number of nitrogens with zero attached hydrogens (tertiary/aromatic N) is 3. The SMILES string of the molecule is CCSc1ccc(C(=O)NCCN2CCN(c3nc4cc(C)cc(C)c4s3)CC2)cc1.Cl. The third-order valence-corrected chi connectivity index (χ3v) is 7.75. The molecule has 32 heavy (non-hydrogen) atoms. The van der Waals surface area contributed by atoms with Gasteiger partial charge in [-0.25, -0.2) is 4.98 Å². The number of carbonyl (C=O) groups is 1. The summed E-state index contributed by atoms with van der Waals surface area (Å²) in [6.07, 6.45) is 0. The van der Waals surface area contributed by atoms with Gasteiger partial charge in [0.2, 0.25) is 0 Å². The lowest BCUT2D eigenvalue weighted by Crippen LogP contribution is -2.48. The number of hydrogen-bond acceptors (Lipinski definition) is 6. The Morgan fingerprint density at radius 2 is 1.84 bits per heavy atom. The highest BCUT2D eigenvalue weighted by molar-refractivity contribution is 7.99. The van der Waals surface area contributed by atoms with Crippen LogP contribution in [-0.2, 0) is 0 Å². The number of piperazine rings is 1. The lowest BCUT2D eigenvalue weighted by molar-refractivity contribution is 0.0947. The van der Waals surface area contributed by atoms with Crippen LogP contribution in [0.5, 0.6) is 0 Å². The van der Waals surface area contributed by atoms with E-state index in [0.29, 0.717) is 6.54 Å². The summed E-state index contributed by atoms with van der Waals surface area (Å²) in [7, 11) is 0. The van der Waals surface area contributed by atoms with Crippen LogP contribution in [0, 0.1) is 13.8 Å². The zero-order valence-electron chi connectivity index (χ0n) is 18.9. The zero-order chi connectivity index (χ0) is 21.8. The number of amides is 1. The number of hydrogen-bond donors (Lipinski definition) is 1. The molecular weight excluding hydrogens is 460 g/mol. The number of thioether (sulfide) groups is 1. The molecule has 1 fully saturated rings. The minimum absolute atomic E-state index is 0. The smallest absolute Gasteiger partial charge is 0.251 e. The lowest BCUT2D eigenvalue weighted by Gasteiger charge is -2.34. The Morgan fingerprint density at radius 1 is 1.12 bits per heavy atom. The van der Waals surface area contributed by atoms with E-state index >= 15 is 0 Å². The number of carbonyl (C=O) groups excluding carboxylic acids is 1. The van der Waals surface area contributed by atoms with Gasteiger partial charge in [0, 0.05) is 49.7 Å².